The molecule has 0 fully saturated rings. The molecule has 5 nitrogen and oxygen atoms in total. The molecule has 0 aliphatic rings. The first kappa shape index (κ1) is 32.7. The number of para-hydroxylation sites is 1. The van der Waals surface area contributed by atoms with E-state index >= 15 is 0 Å². The Balaban J connectivity index is 1.43. The van der Waals surface area contributed by atoms with Gasteiger partial charge in [-0.3, -0.25) is 9.59 Å². The monoisotopic (exact) mass is 614 g/mol. The number of aliphatic carboxylic acids is 1. The van der Waals surface area contributed by atoms with Gasteiger partial charge in [0, 0.05) is 46.9 Å². The maximum absolute atomic E-state index is 14.0. The number of benzene rings is 4. The van der Waals surface area contributed by atoms with Crippen LogP contribution in [0.1, 0.15) is 91.2 Å². The van der Waals surface area contributed by atoms with E-state index in [0.717, 1.165) is 35.9 Å². The standard InChI is InChI=1S/C41H46N2O3/c1-28(2)24-30-15-19-32(20-16-30)40(33-21-17-31(18-22-33)25-29(3)4)42-35-11-9-10-34(26-35)41(46)37-27-43(23-8-7-14-39(44)45)38-13-6-5-12-36(37)38/h5-6,9-13,15-22,26-29,40,42H,7-8,14,23-25H2,1-4H3,(H,44,45). The molecule has 0 unspecified atom stereocenters. The van der Waals surface area contributed by atoms with Crippen molar-refractivity contribution in [2.75, 3.05) is 5.32 Å². The van der Waals surface area contributed by atoms with Gasteiger partial charge in [-0.05, 0) is 78.0 Å². The number of nitrogens with zero attached hydrogens (tertiary/aromatic N) is 1. The van der Waals surface area contributed by atoms with E-state index in [2.05, 4.69) is 86.1 Å². The van der Waals surface area contributed by atoms with E-state index < -0.39 is 5.97 Å². The molecule has 0 aliphatic carbocycles. The number of unbranched alkanes of at least 4 members (excludes halogenated alkanes) is 1. The second-order valence-electron chi connectivity index (χ2n) is 13.3. The van der Waals surface area contributed by atoms with Crippen LogP contribution >= 0.6 is 0 Å². The predicted octanol–water partition coefficient (Wildman–Crippen LogP) is 9.73. The molecule has 238 valence electrons. The van der Waals surface area contributed by atoms with Gasteiger partial charge in [0.2, 0.25) is 0 Å². The first-order chi connectivity index (χ1) is 22.2. The maximum Gasteiger partial charge on any atom is 0.303 e. The summed E-state index contributed by atoms with van der Waals surface area (Å²) >= 11 is 0. The number of carboxylic acids is 1. The summed E-state index contributed by atoms with van der Waals surface area (Å²) in [4.78, 5) is 25.0. The van der Waals surface area contributed by atoms with Gasteiger partial charge < -0.3 is 15.0 Å². The normalized spacial score (nSPS) is 11.5. The Labute approximate surface area is 273 Å². The van der Waals surface area contributed by atoms with Crippen LogP contribution in [-0.2, 0) is 24.2 Å². The lowest BCUT2D eigenvalue weighted by Gasteiger charge is -2.22. The topological polar surface area (TPSA) is 71.3 Å². The fourth-order valence-electron chi connectivity index (χ4n) is 6.24. The number of ketones is 1. The third kappa shape index (κ3) is 8.33. The number of rotatable bonds is 15. The van der Waals surface area contributed by atoms with Crippen LogP contribution in [0.4, 0.5) is 5.69 Å². The zero-order chi connectivity index (χ0) is 32.6. The Hall–Kier alpha value is -4.64. The van der Waals surface area contributed by atoms with Crippen LogP contribution in [0.5, 0.6) is 0 Å². The van der Waals surface area contributed by atoms with Gasteiger partial charge >= 0.3 is 5.97 Å². The van der Waals surface area contributed by atoms with Gasteiger partial charge in [0.1, 0.15) is 0 Å². The third-order valence-electron chi connectivity index (χ3n) is 8.42. The van der Waals surface area contributed by atoms with Gasteiger partial charge in [0.05, 0.1) is 6.04 Å². The fourth-order valence-corrected chi connectivity index (χ4v) is 6.24. The fraction of sp³-hybridized carbons (Fsp3) is 0.317. The SMILES string of the molecule is CC(C)Cc1ccc(C(Nc2cccc(C(=O)c3cn(CCCCC(=O)O)c4ccccc34)c2)c2ccc(CC(C)C)cc2)cc1. The Bertz CT molecular complexity index is 1710. The second kappa shape index (κ2) is 15.1. The highest BCUT2D eigenvalue weighted by molar-refractivity contribution is 6.16. The highest BCUT2D eigenvalue weighted by Crippen LogP contribution is 2.30. The Morgan fingerprint density at radius 1 is 0.739 bits per heavy atom. The second-order valence-corrected chi connectivity index (χ2v) is 13.3. The molecule has 0 radical (unpaired) electrons. The number of carbonyl (C=O) groups excluding carboxylic acids is 1. The van der Waals surface area contributed by atoms with Gasteiger partial charge in [-0.15, -0.1) is 0 Å². The van der Waals surface area contributed by atoms with Gasteiger partial charge in [-0.25, -0.2) is 0 Å². The lowest BCUT2D eigenvalue weighted by atomic mass is 9.93. The number of hydrogen-bond donors (Lipinski definition) is 2. The molecule has 0 saturated heterocycles. The van der Waals surface area contributed by atoms with Crippen LogP contribution in [0.2, 0.25) is 0 Å². The highest BCUT2D eigenvalue weighted by Gasteiger charge is 2.19. The molecule has 1 aromatic heterocycles. The number of fused-ring (bicyclic) bond motifs is 1. The molecule has 0 saturated carbocycles. The minimum absolute atomic E-state index is 0.0308. The van der Waals surface area contributed by atoms with Gasteiger partial charge in [-0.2, -0.15) is 0 Å². The van der Waals surface area contributed by atoms with Crippen LogP contribution in [0.25, 0.3) is 10.9 Å². The van der Waals surface area contributed by atoms with Crippen LogP contribution in [0.15, 0.2) is 103 Å². The van der Waals surface area contributed by atoms with Crippen LogP contribution in [0.3, 0.4) is 0 Å². The molecule has 0 aliphatic heterocycles. The molecule has 0 amide bonds. The molecule has 2 N–H and O–H groups in total. The van der Waals surface area contributed by atoms with Gasteiger partial charge in [-0.1, -0.05) is 107 Å². The zero-order valence-electron chi connectivity index (χ0n) is 27.5. The minimum Gasteiger partial charge on any atom is -0.481 e. The van der Waals surface area contributed by atoms with Crippen LogP contribution in [-0.4, -0.2) is 21.4 Å². The summed E-state index contributed by atoms with van der Waals surface area (Å²) in [6.45, 7) is 9.63. The van der Waals surface area contributed by atoms with E-state index in [0.29, 0.717) is 35.9 Å². The predicted molar refractivity (Wildman–Crippen MR) is 189 cm³/mol. The van der Waals surface area contributed by atoms with E-state index in [-0.39, 0.29) is 18.2 Å². The molecule has 0 spiro atoms. The lowest BCUT2D eigenvalue weighted by molar-refractivity contribution is -0.137. The number of nitrogens with one attached hydrogen (secondary N) is 1. The van der Waals surface area contributed by atoms with Crippen molar-refractivity contribution in [3.63, 3.8) is 0 Å². The van der Waals surface area contributed by atoms with E-state index in [9.17, 15) is 9.59 Å². The Morgan fingerprint density at radius 3 is 1.93 bits per heavy atom. The van der Waals surface area contributed by atoms with Crippen molar-refractivity contribution in [3.8, 4) is 0 Å². The summed E-state index contributed by atoms with van der Waals surface area (Å²) in [6.07, 6.45) is 5.50. The number of carboxylic acid groups (broad SMARTS) is 1. The summed E-state index contributed by atoms with van der Waals surface area (Å²) in [5.74, 6) is 0.381. The number of anilines is 1. The van der Waals surface area contributed by atoms with Crippen molar-refractivity contribution in [3.05, 3.63) is 137 Å². The van der Waals surface area contributed by atoms with E-state index in [1.54, 1.807) is 0 Å². The first-order valence-corrected chi connectivity index (χ1v) is 16.6. The van der Waals surface area contributed by atoms with Gasteiger partial charge in [0.25, 0.3) is 0 Å². The third-order valence-corrected chi connectivity index (χ3v) is 8.42. The van der Waals surface area contributed by atoms with Gasteiger partial charge in [0.15, 0.2) is 5.78 Å². The zero-order valence-corrected chi connectivity index (χ0v) is 27.5. The molecular formula is C41H46N2O3. The van der Waals surface area contributed by atoms with Crippen LogP contribution < -0.4 is 5.32 Å². The summed E-state index contributed by atoms with van der Waals surface area (Å²) in [6, 6.07) is 33.4. The molecule has 46 heavy (non-hydrogen) atoms. The average Bonchev–Trinajstić information content (AvgIpc) is 3.40. The van der Waals surface area contributed by atoms with Crippen molar-refractivity contribution in [2.45, 2.75) is 72.4 Å². The smallest absolute Gasteiger partial charge is 0.303 e. The molecule has 5 heteroatoms. The maximum atomic E-state index is 14.0. The molecule has 1 heterocycles. The van der Waals surface area contributed by atoms with Crippen molar-refractivity contribution >= 4 is 28.3 Å². The number of hydrogen-bond acceptors (Lipinski definition) is 3. The summed E-state index contributed by atoms with van der Waals surface area (Å²) in [7, 11) is 0. The highest BCUT2D eigenvalue weighted by atomic mass is 16.4. The number of aromatic nitrogens is 1. The summed E-state index contributed by atoms with van der Waals surface area (Å²) in [5, 5.41) is 13.7. The quantitative estimate of drug-likeness (QED) is 0.0910. The number of carbonyl (C=O) groups is 2. The van der Waals surface area contributed by atoms with Crippen molar-refractivity contribution in [2.24, 2.45) is 11.8 Å². The minimum atomic E-state index is -0.782. The van der Waals surface area contributed by atoms with E-state index in [1.165, 1.54) is 22.3 Å². The lowest BCUT2D eigenvalue weighted by Crippen LogP contribution is -2.13. The number of aryl methyl sites for hydroxylation is 1. The molecule has 5 aromatic rings. The largest absolute Gasteiger partial charge is 0.481 e. The molecule has 5 rings (SSSR count). The molecule has 0 atom stereocenters. The van der Waals surface area contributed by atoms with Crippen molar-refractivity contribution in [1.82, 2.24) is 4.57 Å². The average molecular weight is 615 g/mol. The Kier molecular flexibility index (Phi) is 10.7. The van der Waals surface area contributed by atoms with Crippen molar-refractivity contribution < 1.29 is 14.7 Å². The summed E-state index contributed by atoms with van der Waals surface area (Å²) < 4.78 is 2.08. The Morgan fingerprint density at radius 2 is 1.35 bits per heavy atom. The van der Waals surface area contributed by atoms with Crippen LogP contribution in [0, 0.1) is 11.8 Å². The summed E-state index contributed by atoms with van der Waals surface area (Å²) in [5.41, 5.74) is 8.15. The molecular weight excluding hydrogens is 568 g/mol. The van der Waals surface area contributed by atoms with E-state index in [1.807, 2.05) is 54.7 Å². The molecule has 0 bridgehead atoms. The first-order valence-electron chi connectivity index (χ1n) is 16.6. The van der Waals surface area contributed by atoms with Crippen molar-refractivity contribution in [1.29, 1.82) is 0 Å². The molecule has 4 aromatic carbocycles. The van der Waals surface area contributed by atoms with E-state index in [4.69, 9.17) is 5.11 Å².